The van der Waals surface area contributed by atoms with Crippen molar-refractivity contribution in [3.63, 3.8) is 0 Å². The standard InChI is InChI=1S/C15H19N3O/c1-9-6-14(9)18-15(19)12(16)7-10-8-17-13-5-3-2-4-11(10)13/h2-5,8-9,12,14,17H,6-7,16H2,1H3,(H,18,19)/t9?,12-,14?/m1/s1. The van der Waals surface area contributed by atoms with Crippen LogP contribution >= 0.6 is 0 Å². The van der Waals surface area contributed by atoms with Gasteiger partial charge in [-0.25, -0.2) is 0 Å². The summed E-state index contributed by atoms with van der Waals surface area (Å²) < 4.78 is 0. The number of para-hydroxylation sites is 1. The molecule has 3 rings (SSSR count). The highest BCUT2D eigenvalue weighted by atomic mass is 16.2. The normalized spacial score (nSPS) is 23.3. The van der Waals surface area contributed by atoms with Crippen LogP contribution in [0.1, 0.15) is 18.9 Å². The maximum absolute atomic E-state index is 12.0. The van der Waals surface area contributed by atoms with E-state index in [9.17, 15) is 4.79 Å². The maximum atomic E-state index is 12.0. The molecule has 0 radical (unpaired) electrons. The van der Waals surface area contributed by atoms with E-state index in [-0.39, 0.29) is 5.91 Å². The zero-order valence-corrected chi connectivity index (χ0v) is 11.0. The highest BCUT2D eigenvalue weighted by molar-refractivity contribution is 5.86. The number of hydrogen-bond donors (Lipinski definition) is 3. The second kappa shape index (κ2) is 4.70. The molecule has 1 aromatic heterocycles. The van der Waals surface area contributed by atoms with E-state index in [0.717, 1.165) is 22.9 Å². The summed E-state index contributed by atoms with van der Waals surface area (Å²) in [5, 5.41) is 4.13. The Hall–Kier alpha value is -1.81. The highest BCUT2D eigenvalue weighted by Gasteiger charge is 2.34. The first-order chi connectivity index (χ1) is 9.15. The summed E-state index contributed by atoms with van der Waals surface area (Å²) in [6.07, 6.45) is 3.58. The lowest BCUT2D eigenvalue weighted by Gasteiger charge is -2.11. The number of carbonyl (C=O) groups excluding carboxylic acids is 1. The molecule has 1 saturated carbocycles. The summed E-state index contributed by atoms with van der Waals surface area (Å²) in [4.78, 5) is 15.2. The summed E-state index contributed by atoms with van der Waals surface area (Å²) in [6, 6.07) is 7.92. The third-order valence-electron chi connectivity index (χ3n) is 3.89. The molecular weight excluding hydrogens is 238 g/mol. The number of fused-ring (bicyclic) bond motifs is 1. The van der Waals surface area contributed by atoms with Crippen molar-refractivity contribution in [3.05, 3.63) is 36.0 Å². The Labute approximate surface area is 112 Å². The summed E-state index contributed by atoms with van der Waals surface area (Å²) in [6.45, 7) is 2.14. The van der Waals surface area contributed by atoms with Gasteiger partial charge < -0.3 is 16.0 Å². The molecule has 0 saturated heterocycles. The fourth-order valence-corrected chi connectivity index (χ4v) is 2.44. The first-order valence-electron chi connectivity index (χ1n) is 6.76. The molecule has 100 valence electrons. The lowest BCUT2D eigenvalue weighted by atomic mass is 10.1. The van der Waals surface area contributed by atoms with Gasteiger partial charge in [-0.2, -0.15) is 0 Å². The van der Waals surface area contributed by atoms with E-state index in [1.54, 1.807) is 0 Å². The van der Waals surface area contributed by atoms with Crippen LogP contribution in [-0.2, 0) is 11.2 Å². The Morgan fingerprint density at radius 1 is 1.53 bits per heavy atom. The molecular formula is C15H19N3O. The average Bonchev–Trinajstić information content (AvgIpc) is 2.95. The number of benzene rings is 1. The number of aromatic amines is 1. The summed E-state index contributed by atoms with van der Waals surface area (Å²) in [5.74, 6) is 0.559. The molecule has 1 amide bonds. The fraction of sp³-hybridized carbons (Fsp3) is 0.400. The van der Waals surface area contributed by atoms with Gasteiger partial charge >= 0.3 is 0 Å². The van der Waals surface area contributed by atoms with Crippen molar-refractivity contribution in [2.45, 2.75) is 31.8 Å². The number of carbonyl (C=O) groups is 1. The summed E-state index contributed by atoms with van der Waals surface area (Å²) in [7, 11) is 0. The molecule has 1 aliphatic carbocycles. The summed E-state index contributed by atoms with van der Waals surface area (Å²) >= 11 is 0. The molecule has 1 fully saturated rings. The Morgan fingerprint density at radius 3 is 3.00 bits per heavy atom. The van der Waals surface area contributed by atoms with Crippen LogP contribution in [0.25, 0.3) is 10.9 Å². The molecule has 0 aliphatic heterocycles. The van der Waals surface area contributed by atoms with Gasteiger partial charge in [0, 0.05) is 23.1 Å². The van der Waals surface area contributed by atoms with E-state index in [1.165, 1.54) is 0 Å². The Morgan fingerprint density at radius 2 is 2.26 bits per heavy atom. The van der Waals surface area contributed by atoms with Gasteiger partial charge in [-0.15, -0.1) is 0 Å². The molecule has 4 heteroatoms. The predicted octanol–water partition coefficient (Wildman–Crippen LogP) is 1.56. The molecule has 0 bridgehead atoms. The lowest BCUT2D eigenvalue weighted by molar-refractivity contribution is -0.122. The van der Waals surface area contributed by atoms with Gasteiger partial charge in [0.2, 0.25) is 5.91 Å². The van der Waals surface area contributed by atoms with Gasteiger partial charge in [0.25, 0.3) is 0 Å². The number of nitrogens with two attached hydrogens (primary N) is 1. The highest BCUT2D eigenvalue weighted by Crippen LogP contribution is 2.29. The van der Waals surface area contributed by atoms with E-state index in [4.69, 9.17) is 5.73 Å². The SMILES string of the molecule is CC1CC1NC(=O)[C@H](N)Cc1c[nH]c2ccccc12. The van der Waals surface area contributed by atoms with E-state index in [0.29, 0.717) is 18.4 Å². The number of nitrogens with one attached hydrogen (secondary N) is 2. The van der Waals surface area contributed by atoms with Crippen LogP contribution in [0.4, 0.5) is 0 Å². The zero-order chi connectivity index (χ0) is 13.4. The quantitative estimate of drug-likeness (QED) is 0.778. The molecule has 1 aliphatic rings. The van der Waals surface area contributed by atoms with Crippen LogP contribution in [0, 0.1) is 5.92 Å². The van der Waals surface area contributed by atoms with Crippen molar-refractivity contribution >= 4 is 16.8 Å². The minimum atomic E-state index is -0.480. The van der Waals surface area contributed by atoms with E-state index >= 15 is 0 Å². The van der Waals surface area contributed by atoms with Crippen molar-refractivity contribution in [1.29, 1.82) is 0 Å². The molecule has 19 heavy (non-hydrogen) atoms. The van der Waals surface area contributed by atoms with Crippen molar-refractivity contribution in [2.24, 2.45) is 11.7 Å². The fourth-order valence-electron chi connectivity index (χ4n) is 2.44. The molecule has 4 N–H and O–H groups in total. The van der Waals surface area contributed by atoms with Crippen LogP contribution in [0.15, 0.2) is 30.5 Å². The van der Waals surface area contributed by atoms with Gasteiger partial charge in [0.15, 0.2) is 0 Å². The maximum Gasteiger partial charge on any atom is 0.237 e. The van der Waals surface area contributed by atoms with Gasteiger partial charge in [-0.3, -0.25) is 4.79 Å². The Kier molecular flexibility index (Phi) is 3.03. The number of aromatic nitrogens is 1. The van der Waals surface area contributed by atoms with E-state index < -0.39 is 6.04 Å². The number of amides is 1. The van der Waals surface area contributed by atoms with Crippen LogP contribution in [0.2, 0.25) is 0 Å². The Balaban J connectivity index is 1.68. The van der Waals surface area contributed by atoms with Crippen molar-refractivity contribution in [1.82, 2.24) is 10.3 Å². The third-order valence-corrected chi connectivity index (χ3v) is 3.89. The lowest BCUT2D eigenvalue weighted by Crippen LogP contribution is -2.43. The molecule has 0 spiro atoms. The largest absolute Gasteiger partial charge is 0.361 e. The van der Waals surface area contributed by atoms with Crippen LogP contribution < -0.4 is 11.1 Å². The molecule has 2 unspecified atom stereocenters. The predicted molar refractivity (Wildman–Crippen MR) is 75.7 cm³/mol. The second-order valence-electron chi connectivity index (χ2n) is 5.50. The van der Waals surface area contributed by atoms with Crippen molar-refractivity contribution in [3.8, 4) is 0 Å². The molecule has 1 heterocycles. The second-order valence-corrected chi connectivity index (χ2v) is 5.50. The molecule has 2 aromatic rings. The van der Waals surface area contributed by atoms with Crippen molar-refractivity contribution in [2.75, 3.05) is 0 Å². The first kappa shape index (κ1) is 12.2. The minimum Gasteiger partial charge on any atom is -0.361 e. The van der Waals surface area contributed by atoms with Crippen molar-refractivity contribution < 1.29 is 4.79 Å². The molecule has 3 atom stereocenters. The van der Waals surface area contributed by atoms with Crippen LogP contribution in [-0.4, -0.2) is 23.0 Å². The third kappa shape index (κ3) is 2.49. The smallest absolute Gasteiger partial charge is 0.237 e. The summed E-state index contributed by atoms with van der Waals surface area (Å²) in [5.41, 5.74) is 8.18. The first-order valence-corrected chi connectivity index (χ1v) is 6.76. The molecule has 1 aromatic carbocycles. The van der Waals surface area contributed by atoms with Crippen LogP contribution in [0.3, 0.4) is 0 Å². The minimum absolute atomic E-state index is 0.0420. The van der Waals surface area contributed by atoms with Gasteiger partial charge in [-0.05, 0) is 30.4 Å². The monoisotopic (exact) mass is 257 g/mol. The van der Waals surface area contributed by atoms with E-state index in [2.05, 4.69) is 23.3 Å². The number of hydrogen-bond acceptors (Lipinski definition) is 2. The number of rotatable bonds is 4. The van der Waals surface area contributed by atoms with Gasteiger partial charge in [-0.1, -0.05) is 25.1 Å². The van der Waals surface area contributed by atoms with Crippen LogP contribution in [0.5, 0.6) is 0 Å². The average molecular weight is 257 g/mol. The number of H-pyrrole nitrogens is 1. The van der Waals surface area contributed by atoms with Gasteiger partial charge in [0.1, 0.15) is 0 Å². The molecule has 4 nitrogen and oxygen atoms in total. The topological polar surface area (TPSA) is 70.9 Å². The van der Waals surface area contributed by atoms with E-state index in [1.807, 2.05) is 24.4 Å². The van der Waals surface area contributed by atoms with Gasteiger partial charge in [0.05, 0.1) is 6.04 Å². The Bertz CT molecular complexity index is 604. The zero-order valence-electron chi connectivity index (χ0n) is 11.0.